The highest BCUT2D eigenvalue weighted by molar-refractivity contribution is 5.88. The van der Waals surface area contributed by atoms with E-state index in [0.29, 0.717) is 29.1 Å². The van der Waals surface area contributed by atoms with E-state index in [-0.39, 0.29) is 12.0 Å². The molecule has 0 saturated heterocycles. The van der Waals surface area contributed by atoms with Crippen molar-refractivity contribution in [1.82, 2.24) is 10.3 Å². The first-order chi connectivity index (χ1) is 16.0. The fourth-order valence-corrected chi connectivity index (χ4v) is 3.38. The Labute approximate surface area is 200 Å². The molecule has 0 aliphatic carbocycles. The Hall–Kier alpha value is -2.83. The molecule has 1 amide bonds. The number of aromatic nitrogens is 1. The maximum Gasteiger partial charge on any atom is 0.433 e. The van der Waals surface area contributed by atoms with Gasteiger partial charge in [-0.3, -0.25) is 4.79 Å². The van der Waals surface area contributed by atoms with Crippen molar-refractivity contribution in [3.05, 3.63) is 59.8 Å². The van der Waals surface area contributed by atoms with E-state index >= 15 is 0 Å². The summed E-state index contributed by atoms with van der Waals surface area (Å²) in [7, 11) is 0. The van der Waals surface area contributed by atoms with Crippen LogP contribution in [0.2, 0.25) is 0 Å². The molecule has 4 nitrogen and oxygen atoms in total. The minimum Gasteiger partial charge on any atom is -0.491 e. The Morgan fingerprint density at radius 2 is 1.88 bits per heavy atom. The highest BCUT2D eigenvalue weighted by Gasteiger charge is 2.32. The molecule has 0 fully saturated rings. The molecule has 0 bridgehead atoms. The van der Waals surface area contributed by atoms with Crippen LogP contribution in [0.4, 0.5) is 13.2 Å². The maximum atomic E-state index is 12.8. The molecule has 7 heteroatoms. The lowest BCUT2D eigenvalue weighted by atomic mass is 10.1. The number of rotatable bonds is 12. The first-order valence-electron chi connectivity index (χ1n) is 11.8. The van der Waals surface area contributed by atoms with E-state index in [1.165, 1.54) is 6.07 Å². The third-order valence-corrected chi connectivity index (χ3v) is 5.19. The lowest BCUT2D eigenvalue weighted by Crippen LogP contribution is -2.25. The first kappa shape index (κ1) is 27.4. The fraction of sp³-hybridized carbons (Fsp3) is 0.481. The van der Waals surface area contributed by atoms with E-state index < -0.39 is 11.9 Å². The monoisotopic (exact) mass is 476 g/mol. The van der Waals surface area contributed by atoms with Crippen molar-refractivity contribution in [2.75, 3.05) is 6.54 Å². The summed E-state index contributed by atoms with van der Waals surface area (Å²) in [6, 6.07) is 7.36. The standard InChI is InChI=1S/C27H35F3N2O2/c1-19(2)18-31-26(33)16-20(3)10-8-6-5-7-9-11-21(4)34-23-13-14-24-22(17-23)12-15-25(32-24)27(28,29)30/h8,10,12-17,19,21H,5-7,9,11,18H2,1-4H3,(H,31,33). The molecule has 0 radical (unpaired) electrons. The van der Waals surface area contributed by atoms with Gasteiger partial charge in [-0.2, -0.15) is 13.2 Å². The largest absolute Gasteiger partial charge is 0.491 e. The Bertz CT molecular complexity index is 997. The van der Waals surface area contributed by atoms with Gasteiger partial charge in [0.05, 0.1) is 11.6 Å². The number of pyridine rings is 1. The van der Waals surface area contributed by atoms with Gasteiger partial charge in [-0.05, 0) is 75.3 Å². The van der Waals surface area contributed by atoms with Crippen LogP contribution >= 0.6 is 0 Å². The second-order valence-corrected chi connectivity index (χ2v) is 9.04. The Kier molecular flexibility index (Phi) is 10.6. The molecule has 1 atom stereocenters. The van der Waals surface area contributed by atoms with Crippen molar-refractivity contribution in [3.63, 3.8) is 0 Å². The number of carbonyl (C=O) groups is 1. The van der Waals surface area contributed by atoms with Gasteiger partial charge in [0, 0.05) is 18.0 Å². The van der Waals surface area contributed by atoms with Crippen LogP contribution in [0.3, 0.4) is 0 Å². The van der Waals surface area contributed by atoms with E-state index in [1.54, 1.807) is 24.3 Å². The molecular formula is C27H35F3N2O2. The first-order valence-corrected chi connectivity index (χ1v) is 11.8. The minimum absolute atomic E-state index is 0.00456. The quantitative estimate of drug-likeness (QED) is 0.199. The number of carbonyl (C=O) groups excluding carboxylic acids is 1. The number of nitrogens with one attached hydrogen (secondary N) is 1. The Balaban J connectivity index is 1.68. The van der Waals surface area contributed by atoms with Crippen LogP contribution in [0, 0.1) is 5.92 Å². The molecule has 1 aromatic heterocycles. The van der Waals surface area contributed by atoms with Gasteiger partial charge in [-0.25, -0.2) is 4.98 Å². The molecule has 0 aliphatic heterocycles. The number of hydrogen-bond donors (Lipinski definition) is 1. The molecular weight excluding hydrogens is 441 g/mol. The molecule has 2 aromatic rings. The smallest absolute Gasteiger partial charge is 0.433 e. The summed E-state index contributed by atoms with van der Waals surface area (Å²) in [5.41, 5.74) is 0.336. The summed E-state index contributed by atoms with van der Waals surface area (Å²) >= 11 is 0. The normalized spacial score (nSPS) is 13.6. The van der Waals surface area contributed by atoms with Crippen LogP contribution in [0.1, 0.15) is 65.5 Å². The number of fused-ring (bicyclic) bond motifs is 1. The summed E-state index contributed by atoms with van der Waals surface area (Å²) in [5.74, 6) is 1.00. The third-order valence-electron chi connectivity index (χ3n) is 5.19. The van der Waals surface area contributed by atoms with Crippen molar-refractivity contribution in [3.8, 4) is 5.75 Å². The summed E-state index contributed by atoms with van der Waals surface area (Å²) in [4.78, 5) is 15.4. The van der Waals surface area contributed by atoms with Crippen LogP contribution in [0.25, 0.3) is 10.9 Å². The van der Waals surface area contributed by atoms with Crippen LogP contribution < -0.4 is 10.1 Å². The molecule has 2 rings (SSSR count). The number of amides is 1. The number of unbranched alkanes of at least 4 members (excludes halogenated alkanes) is 3. The van der Waals surface area contributed by atoms with Gasteiger partial charge < -0.3 is 10.1 Å². The second kappa shape index (κ2) is 13.2. The minimum atomic E-state index is -4.45. The predicted octanol–water partition coefficient (Wildman–Crippen LogP) is 7.25. The average molecular weight is 477 g/mol. The van der Waals surface area contributed by atoms with Crippen molar-refractivity contribution >= 4 is 16.8 Å². The second-order valence-electron chi connectivity index (χ2n) is 9.04. The highest BCUT2D eigenvalue weighted by Crippen LogP contribution is 2.30. The average Bonchev–Trinajstić information content (AvgIpc) is 2.76. The van der Waals surface area contributed by atoms with E-state index in [4.69, 9.17) is 4.74 Å². The van der Waals surface area contributed by atoms with Crippen LogP contribution in [-0.4, -0.2) is 23.5 Å². The third kappa shape index (κ3) is 9.98. The molecule has 1 unspecified atom stereocenters. The summed E-state index contributed by atoms with van der Waals surface area (Å²) in [5, 5.41) is 3.49. The van der Waals surface area contributed by atoms with Crippen molar-refractivity contribution in [2.24, 2.45) is 5.92 Å². The molecule has 0 aliphatic rings. The lowest BCUT2D eigenvalue weighted by molar-refractivity contribution is -0.141. The molecule has 186 valence electrons. The van der Waals surface area contributed by atoms with E-state index in [1.807, 2.05) is 19.9 Å². The summed E-state index contributed by atoms with van der Waals surface area (Å²) < 4.78 is 44.4. The highest BCUT2D eigenvalue weighted by atomic mass is 19.4. The zero-order chi connectivity index (χ0) is 25.1. The summed E-state index contributed by atoms with van der Waals surface area (Å²) in [6.45, 7) is 8.71. The number of hydrogen-bond acceptors (Lipinski definition) is 3. The van der Waals surface area contributed by atoms with Gasteiger partial charge in [0.2, 0.25) is 5.91 Å². The molecule has 0 saturated carbocycles. The van der Waals surface area contributed by atoms with Crippen LogP contribution in [0.5, 0.6) is 5.75 Å². The topological polar surface area (TPSA) is 51.2 Å². The van der Waals surface area contributed by atoms with E-state index in [0.717, 1.165) is 43.7 Å². The van der Waals surface area contributed by atoms with Crippen molar-refractivity contribution in [2.45, 2.75) is 72.1 Å². The zero-order valence-electron chi connectivity index (χ0n) is 20.4. The number of ether oxygens (including phenoxy) is 1. The lowest BCUT2D eigenvalue weighted by Gasteiger charge is -2.15. The van der Waals surface area contributed by atoms with Crippen molar-refractivity contribution < 1.29 is 22.7 Å². The molecule has 34 heavy (non-hydrogen) atoms. The number of allylic oxidation sites excluding steroid dienone is 3. The fourth-order valence-electron chi connectivity index (χ4n) is 3.38. The van der Waals surface area contributed by atoms with E-state index in [9.17, 15) is 18.0 Å². The van der Waals surface area contributed by atoms with Crippen LogP contribution in [0.15, 0.2) is 54.1 Å². The Morgan fingerprint density at radius 1 is 1.12 bits per heavy atom. The van der Waals surface area contributed by atoms with Gasteiger partial charge in [-0.15, -0.1) is 0 Å². The maximum absolute atomic E-state index is 12.8. The van der Waals surface area contributed by atoms with E-state index in [2.05, 4.69) is 30.2 Å². The SMILES string of the molecule is CC(C=CCCCCCC(C)Oc1ccc2nc(C(F)(F)F)ccc2c1)=CC(=O)NCC(C)C. The zero-order valence-corrected chi connectivity index (χ0v) is 20.4. The van der Waals surface area contributed by atoms with Gasteiger partial charge in [-0.1, -0.05) is 38.5 Å². The Morgan fingerprint density at radius 3 is 2.59 bits per heavy atom. The summed E-state index contributed by atoms with van der Waals surface area (Å²) in [6.07, 6.45) is 6.23. The number of nitrogens with zero attached hydrogens (tertiary/aromatic N) is 1. The van der Waals surface area contributed by atoms with Gasteiger partial charge in [0.25, 0.3) is 0 Å². The van der Waals surface area contributed by atoms with Gasteiger partial charge in [0.15, 0.2) is 0 Å². The van der Waals surface area contributed by atoms with Gasteiger partial charge >= 0.3 is 6.18 Å². The van der Waals surface area contributed by atoms with Gasteiger partial charge in [0.1, 0.15) is 11.4 Å². The molecule has 0 spiro atoms. The number of alkyl halides is 3. The number of benzene rings is 1. The number of halogens is 3. The predicted molar refractivity (Wildman–Crippen MR) is 131 cm³/mol. The van der Waals surface area contributed by atoms with Crippen LogP contribution in [-0.2, 0) is 11.0 Å². The molecule has 1 N–H and O–H groups in total. The molecule has 1 heterocycles. The molecule has 1 aromatic carbocycles. The van der Waals surface area contributed by atoms with Crippen molar-refractivity contribution in [1.29, 1.82) is 0 Å².